The summed E-state index contributed by atoms with van der Waals surface area (Å²) in [5, 5.41) is 0. The fourth-order valence-electron chi connectivity index (χ4n) is 1.69. The molecule has 4 nitrogen and oxygen atoms in total. The first-order valence-corrected chi connectivity index (χ1v) is 5.68. The Morgan fingerprint density at radius 3 is 2.61 bits per heavy atom. The summed E-state index contributed by atoms with van der Waals surface area (Å²) in [4.78, 5) is 17.7. The fraction of sp³-hybridized carbons (Fsp3) is 0.143. The third-order valence-corrected chi connectivity index (χ3v) is 2.69. The summed E-state index contributed by atoms with van der Waals surface area (Å²) in [6, 6.07) is 12.8. The summed E-state index contributed by atoms with van der Waals surface area (Å²) in [6.07, 6.45) is 1.61. The zero-order valence-electron chi connectivity index (χ0n) is 10.2. The summed E-state index contributed by atoms with van der Waals surface area (Å²) < 4.78 is 0. The monoisotopic (exact) mass is 241 g/mol. The van der Waals surface area contributed by atoms with E-state index in [0.717, 1.165) is 5.56 Å². The standard InChI is InChI=1S/C14H15N3O/c1-17(10-11-6-2-3-7-12(11)15)14(18)13-8-4-5-9-16-13/h2-9H,10,15H2,1H3. The Kier molecular flexibility index (Phi) is 3.57. The molecule has 0 aliphatic rings. The SMILES string of the molecule is CN(Cc1ccccc1N)C(=O)c1ccccn1. The van der Waals surface area contributed by atoms with E-state index in [4.69, 9.17) is 5.73 Å². The molecule has 2 rings (SSSR count). The predicted octanol–water partition coefficient (Wildman–Crippen LogP) is 1.94. The molecule has 0 atom stereocenters. The lowest BCUT2D eigenvalue weighted by atomic mass is 10.1. The molecule has 0 spiro atoms. The normalized spacial score (nSPS) is 10.1. The number of nitrogens with two attached hydrogens (primary N) is 1. The number of carbonyl (C=O) groups is 1. The molecule has 2 N–H and O–H groups in total. The number of nitrogen functional groups attached to an aromatic ring is 1. The first-order chi connectivity index (χ1) is 8.68. The minimum absolute atomic E-state index is 0.112. The van der Waals surface area contributed by atoms with Crippen molar-refractivity contribution >= 4 is 11.6 Å². The van der Waals surface area contributed by atoms with Crippen LogP contribution < -0.4 is 5.73 Å². The Bertz CT molecular complexity index is 540. The summed E-state index contributed by atoms with van der Waals surface area (Å²) >= 11 is 0. The van der Waals surface area contributed by atoms with E-state index >= 15 is 0 Å². The maximum absolute atomic E-state index is 12.1. The number of hydrogen-bond acceptors (Lipinski definition) is 3. The number of benzene rings is 1. The third-order valence-electron chi connectivity index (χ3n) is 2.69. The second kappa shape index (κ2) is 5.31. The van der Waals surface area contributed by atoms with E-state index in [1.165, 1.54) is 0 Å². The van der Waals surface area contributed by atoms with Gasteiger partial charge < -0.3 is 10.6 Å². The number of carbonyl (C=O) groups excluding carboxylic acids is 1. The lowest BCUT2D eigenvalue weighted by Crippen LogP contribution is -2.27. The fourth-order valence-corrected chi connectivity index (χ4v) is 1.69. The average molecular weight is 241 g/mol. The maximum Gasteiger partial charge on any atom is 0.272 e. The average Bonchev–Trinajstić information content (AvgIpc) is 2.41. The number of pyridine rings is 1. The van der Waals surface area contributed by atoms with Gasteiger partial charge in [-0.3, -0.25) is 9.78 Å². The van der Waals surface area contributed by atoms with Crippen molar-refractivity contribution in [1.82, 2.24) is 9.88 Å². The molecule has 4 heteroatoms. The van der Waals surface area contributed by atoms with Gasteiger partial charge in [0, 0.05) is 25.5 Å². The van der Waals surface area contributed by atoms with E-state index in [9.17, 15) is 4.79 Å². The van der Waals surface area contributed by atoms with E-state index in [0.29, 0.717) is 17.9 Å². The minimum Gasteiger partial charge on any atom is -0.398 e. The number of amides is 1. The maximum atomic E-state index is 12.1. The van der Waals surface area contributed by atoms with Crippen molar-refractivity contribution in [2.24, 2.45) is 0 Å². The lowest BCUT2D eigenvalue weighted by Gasteiger charge is -2.17. The Labute approximate surface area is 106 Å². The highest BCUT2D eigenvalue weighted by molar-refractivity contribution is 5.92. The summed E-state index contributed by atoms with van der Waals surface area (Å²) in [5.74, 6) is -0.112. The largest absolute Gasteiger partial charge is 0.398 e. The highest BCUT2D eigenvalue weighted by Gasteiger charge is 2.13. The summed E-state index contributed by atoms with van der Waals surface area (Å²) in [7, 11) is 1.74. The second-order valence-electron chi connectivity index (χ2n) is 4.08. The van der Waals surface area contributed by atoms with E-state index in [-0.39, 0.29) is 5.91 Å². The molecule has 0 radical (unpaired) electrons. The molecule has 92 valence electrons. The molecule has 0 unspecified atom stereocenters. The van der Waals surface area contributed by atoms with Gasteiger partial charge in [-0.1, -0.05) is 24.3 Å². The number of hydrogen-bond donors (Lipinski definition) is 1. The van der Waals surface area contributed by atoms with Crippen molar-refractivity contribution in [1.29, 1.82) is 0 Å². The van der Waals surface area contributed by atoms with E-state index in [2.05, 4.69) is 4.98 Å². The van der Waals surface area contributed by atoms with Gasteiger partial charge in [-0.05, 0) is 23.8 Å². The van der Waals surface area contributed by atoms with Crippen LogP contribution >= 0.6 is 0 Å². The Morgan fingerprint density at radius 1 is 1.22 bits per heavy atom. The van der Waals surface area contributed by atoms with Crippen LogP contribution in [0.2, 0.25) is 0 Å². The number of nitrogens with zero attached hydrogens (tertiary/aromatic N) is 2. The van der Waals surface area contributed by atoms with Crippen LogP contribution in [0.15, 0.2) is 48.7 Å². The topological polar surface area (TPSA) is 59.2 Å². The molecule has 0 aliphatic carbocycles. The summed E-state index contributed by atoms with van der Waals surface area (Å²) in [5.41, 5.74) is 7.92. The summed E-state index contributed by atoms with van der Waals surface area (Å²) in [6.45, 7) is 0.474. The first-order valence-electron chi connectivity index (χ1n) is 5.68. The number of rotatable bonds is 3. The van der Waals surface area contributed by atoms with Gasteiger partial charge in [-0.15, -0.1) is 0 Å². The van der Waals surface area contributed by atoms with Crippen LogP contribution in [0.1, 0.15) is 16.1 Å². The zero-order chi connectivity index (χ0) is 13.0. The molecule has 0 aliphatic heterocycles. The van der Waals surface area contributed by atoms with Crippen LogP contribution in [-0.2, 0) is 6.54 Å². The molecule has 0 bridgehead atoms. The van der Waals surface area contributed by atoms with Crippen LogP contribution in [0, 0.1) is 0 Å². The molecule has 0 fully saturated rings. The molecule has 1 amide bonds. The Morgan fingerprint density at radius 2 is 1.94 bits per heavy atom. The van der Waals surface area contributed by atoms with Crippen LogP contribution in [-0.4, -0.2) is 22.8 Å². The van der Waals surface area contributed by atoms with Crippen LogP contribution in [0.5, 0.6) is 0 Å². The van der Waals surface area contributed by atoms with Crippen LogP contribution in [0.25, 0.3) is 0 Å². The van der Waals surface area contributed by atoms with Crippen molar-refractivity contribution < 1.29 is 4.79 Å². The van der Waals surface area contributed by atoms with Crippen LogP contribution in [0.3, 0.4) is 0 Å². The van der Waals surface area contributed by atoms with Crippen molar-refractivity contribution in [3.05, 3.63) is 59.9 Å². The lowest BCUT2D eigenvalue weighted by molar-refractivity contribution is 0.0779. The molecule has 2 aromatic rings. The molecule has 1 aromatic carbocycles. The highest BCUT2D eigenvalue weighted by Crippen LogP contribution is 2.13. The number of anilines is 1. The van der Waals surface area contributed by atoms with E-state index < -0.39 is 0 Å². The van der Waals surface area contributed by atoms with Crippen molar-refractivity contribution in [3.63, 3.8) is 0 Å². The van der Waals surface area contributed by atoms with Crippen molar-refractivity contribution in [3.8, 4) is 0 Å². The van der Waals surface area contributed by atoms with Gasteiger partial charge in [0.2, 0.25) is 0 Å². The third kappa shape index (κ3) is 2.66. The zero-order valence-corrected chi connectivity index (χ0v) is 10.2. The van der Waals surface area contributed by atoms with Gasteiger partial charge in [0.25, 0.3) is 5.91 Å². The molecule has 0 saturated heterocycles. The van der Waals surface area contributed by atoms with Gasteiger partial charge in [0.05, 0.1) is 0 Å². The smallest absolute Gasteiger partial charge is 0.272 e. The highest BCUT2D eigenvalue weighted by atomic mass is 16.2. The molecule has 0 saturated carbocycles. The molecule has 18 heavy (non-hydrogen) atoms. The first kappa shape index (κ1) is 12.1. The quantitative estimate of drug-likeness (QED) is 0.835. The van der Waals surface area contributed by atoms with Crippen LogP contribution in [0.4, 0.5) is 5.69 Å². The molecule has 1 aromatic heterocycles. The Balaban J connectivity index is 2.11. The second-order valence-corrected chi connectivity index (χ2v) is 4.08. The Hall–Kier alpha value is -2.36. The predicted molar refractivity (Wildman–Crippen MR) is 70.9 cm³/mol. The molecular weight excluding hydrogens is 226 g/mol. The van der Waals surface area contributed by atoms with Crippen molar-refractivity contribution in [2.75, 3.05) is 12.8 Å². The van der Waals surface area contributed by atoms with Gasteiger partial charge in [-0.25, -0.2) is 0 Å². The minimum atomic E-state index is -0.112. The van der Waals surface area contributed by atoms with E-state index in [1.807, 2.05) is 24.3 Å². The van der Waals surface area contributed by atoms with Gasteiger partial charge in [-0.2, -0.15) is 0 Å². The molecule has 1 heterocycles. The van der Waals surface area contributed by atoms with Gasteiger partial charge in [0.15, 0.2) is 0 Å². The number of para-hydroxylation sites is 1. The van der Waals surface area contributed by atoms with Gasteiger partial charge >= 0.3 is 0 Å². The van der Waals surface area contributed by atoms with Crippen molar-refractivity contribution in [2.45, 2.75) is 6.54 Å². The molecular formula is C14H15N3O. The van der Waals surface area contributed by atoms with E-state index in [1.54, 1.807) is 36.3 Å². The number of aromatic nitrogens is 1. The van der Waals surface area contributed by atoms with Gasteiger partial charge in [0.1, 0.15) is 5.69 Å².